The van der Waals surface area contributed by atoms with Crippen LogP contribution in [0.15, 0.2) is 37.1 Å². The molecule has 0 fully saturated rings. The maximum Gasteiger partial charge on any atom is 0.141 e. The van der Waals surface area contributed by atoms with Crippen LogP contribution in [0.3, 0.4) is 0 Å². The fraction of sp³-hybridized carbons (Fsp3) is 0.333. The molecular weight excluding hydrogens is 214 g/mol. The molecule has 0 radical (unpaired) electrons. The van der Waals surface area contributed by atoms with Gasteiger partial charge in [-0.1, -0.05) is 0 Å². The Bertz CT molecular complexity index is 451. The maximum absolute atomic E-state index is 5.56. The summed E-state index contributed by atoms with van der Waals surface area (Å²) in [4.78, 5) is 10.3. The van der Waals surface area contributed by atoms with Crippen molar-refractivity contribution in [3.05, 3.63) is 42.6 Å². The Labute approximate surface area is 101 Å². The Kier molecular flexibility index (Phi) is 3.72. The molecule has 2 N–H and O–H groups in total. The first kappa shape index (κ1) is 11.6. The molecule has 90 valence electrons. The van der Waals surface area contributed by atoms with E-state index in [0.717, 1.165) is 19.6 Å². The summed E-state index contributed by atoms with van der Waals surface area (Å²) in [5.41, 5.74) is 6.83. The van der Waals surface area contributed by atoms with Crippen molar-refractivity contribution in [2.24, 2.45) is 0 Å². The van der Waals surface area contributed by atoms with Gasteiger partial charge in [-0.2, -0.15) is 0 Å². The SMILES string of the molecule is CN(CCn1cnc(N)c1)Cc1ccncc1. The van der Waals surface area contributed by atoms with Crippen LogP contribution in [0.4, 0.5) is 5.82 Å². The predicted molar refractivity (Wildman–Crippen MR) is 67.2 cm³/mol. The monoisotopic (exact) mass is 231 g/mol. The van der Waals surface area contributed by atoms with Crippen LogP contribution in [0.5, 0.6) is 0 Å². The Morgan fingerprint density at radius 3 is 2.76 bits per heavy atom. The van der Waals surface area contributed by atoms with Gasteiger partial charge in [-0.15, -0.1) is 0 Å². The lowest BCUT2D eigenvalue weighted by Crippen LogP contribution is -2.22. The largest absolute Gasteiger partial charge is 0.382 e. The number of aromatic nitrogens is 3. The normalized spacial score (nSPS) is 10.9. The molecule has 2 aromatic rings. The van der Waals surface area contributed by atoms with Crippen molar-refractivity contribution in [1.29, 1.82) is 0 Å². The van der Waals surface area contributed by atoms with Crippen molar-refractivity contribution in [3.63, 3.8) is 0 Å². The molecule has 0 amide bonds. The van der Waals surface area contributed by atoms with E-state index in [0.29, 0.717) is 5.82 Å². The fourth-order valence-electron chi connectivity index (χ4n) is 1.66. The molecule has 0 spiro atoms. The summed E-state index contributed by atoms with van der Waals surface area (Å²) in [7, 11) is 2.10. The van der Waals surface area contributed by atoms with Crippen LogP contribution in [0, 0.1) is 0 Å². The third kappa shape index (κ3) is 3.57. The number of hydrogen-bond acceptors (Lipinski definition) is 4. The third-order valence-corrected chi connectivity index (χ3v) is 2.59. The van der Waals surface area contributed by atoms with Gasteiger partial charge in [-0.05, 0) is 24.7 Å². The molecule has 0 unspecified atom stereocenters. The number of hydrogen-bond donors (Lipinski definition) is 1. The van der Waals surface area contributed by atoms with Gasteiger partial charge >= 0.3 is 0 Å². The van der Waals surface area contributed by atoms with Gasteiger partial charge in [0, 0.05) is 38.2 Å². The minimum Gasteiger partial charge on any atom is -0.382 e. The van der Waals surface area contributed by atoms with Crippen molar-refractivity contribution >= 4 is 5.82 Å². The van der Waals surface area contributed by atoms with Gasteiger partial charge in [0.25, 0.3) is 0 Å². The number of nitrogens with two attached hydrogens (primary N) is 1. The Balaban J connectivity index is 1.80. The van der Waals surface area contributed by atoms with Gasteiger partial charge in [0.1, 0.15) is 5.82 Å². The fourth-order valence-corrected chi connectivity index (χ4v) is 1.66. The second-order valence-electron chi connectivity index (χ2n) is 4.13. The molecule has 17 heavy (non-hydrogen) atoms. The van der Waals surface area contributed by atoms with Gasteiger partial charge in [0.2, 0.25) is 0 Å². The highest BCUT2D eigenvalue weighted by Gasteiger charge is 2.01. The number of pyridine rings is 1. The summed E-state index contributed by atoms with van der Waals surface area (Å²) < 4.78 is 2.00. The topological polar surface area (TPSA) is 60.0 Å². The zero-order valence-electron chi connectivity index (χ0n) is 9.95. The highest BCUT2D eigenvalue weighted by molar-refractivity contribution is 5.22. The molecule has 2 rings (SSSR count). The van der Waals surface area contributed by atoms with E-state index in [9.17, 15) is 0 Å². The second kappa shape index (κ2) is 5.45. The standard InChI is InChI=1S/C12H17N5/c1-16(8-11-2-4-14-5-3-11)6-7-17-9-12(13)15-10-17/h2-5,9-10H,6-8,13H2,1H3. The first-order chi connectivity index (χ1) is 8.24. The second-order valence-corrected chi connectivity index (χ2v) is 4.13. The molecule has 2 aromatic heterocycles. The molecule has 5 nitrogen and oxygen atoms in total. The van der Waals surface area contributed by atoms with Crippen LogP contribution in [0.2, 0.25) is 0 Å². The molecule has 5 heteroatoms. The van der Waals surface area contributed by atoms with Crippen molar-refractivity contribution in [2.45, 2.75) is 13.1 Å². The zero-order valence-corrected chi connectivity index (χ0v) is 9.95. The summed E-state index contributed by atoms with van der Waals surface area (Å²) in [5.74, 6) is 0.571. The van der Waals surface area contributed by atoms with Gasteiger partial charge in [-0.25, -0.2) is 4.98 Å². The Morgan fingerprint density at radius 1 is 1.35 bits per heavy atom. The minimum atomic E-state index is 0.571. The summed E-state index contributed by atoms with van der Waals surface area (Å²) in [6.45, 7) is 2.77. The molecule has 0 atom stereocenters. The summed E-state index contributed by atoms with van der Waals surface area (Å²) in [6.07, 6.45) is 7.25. The molecule has 0 aromatic carbocycles. The van der Waals surface area contributed by atoms with Crippen molar-refractivity contribution in [3.8, 4) is 0 Å². The van der Waals surface area contributed by atoms with E-state index in [-0.39, 0.29) is 0 Å². The number of nitrogens with zero attached hydrogens (tertiary/aromatic N) is 4. The summed E-state index contributed by atoms with van der Waals surface area (Å²) >= 11 is 0. The zero-order chi connectivity index (χ0) is 12.1. The number of nitrogen functional groups attached to an aromatic ring is 1. The first-order valence-corrected chi connectivity index (χ1v) is 5.59. The number of likely N-dealkylation sites (N-methyl/N-ethyl adjacent to an activating group) is 1. The Hall–Kier alpha value is -1.88. The van der Waals surface area contributed by atoms with Crippen LogP contribution in [-0.2, 0) is 13.1 Å². The summed E-state index contributed by atoms with van der Waals surface area (Å²) in [5, 5.41) is 0. The Morgan fingerprint density at radius 2 is 2.12 bits per heavy atom. The van der Waals surface area contributed by atoms with E-state index >= 15 is 0 Å². The third-order valence-electron chi connectivity index (χ3n) is 2.59. The minimum absolute atomic E-state index is 0.571. The average Bonchev–Trinajstić information content (AvgIpc) is 2.74. The van der Waals surface area contributed by atoms with E-state index in [1.165, 1.54) is 5.56 Å². The molecular formula is C12H17N5. The van der Waals surface area contributed by atoms with Crippen LogP contribution < -0.4 is 5.73 Å². The first-order valence-electron chi connectivity index (χ1n) is 5.59. The average molecular weight is 231 g/mol. The van der Waals surface area contributed by atoms with Crippen LogP contribution in [0.1, 0.15) is 5.56 Å². The number of anilines is 1. The van der Waals surface area contributed by atoms with Crippen molar-refractivity contribution in [1.82, 2.24) is 19.4 Å². The van der Waals surface area contributed by atoms with Crippen LogP contribution in [0.25, 0.3) is 0 Å². The van der Waals surface area contributed by atoms with Crippen LogP contribution >= 0.6 is 0 Å². The van der Waals surface area contributed by atoms with Gasteiger partial charge in [-0.3, -0.25) is 4.98 Å². The quantitative estimate of drug-likeness (QED) is 0.833. The van der Waals surface area contributed by atoms with E-state index in [4.69, 9.17) is 5.73 Å². The lowest BCUT2D eigenvalue weighted by molar-refractivity contribution is 0.311. The van der Waals surface area contributed by atoms with E-state index in [1.807, 2.05) is 35.3 Å². The number of imidazole rings is 1. The maximum atomic E-state index is 5.56. The molecule has 0 bridgehead atoms. The van der Waals surface area contributed by atoms with Crippen LogP contribution in [-0.4, -0.2) is 33.0 Å². The molecule has 2 heterocycles. The highest BCUT2D eigenvalue weighted by Crippen LogP contribution is 2.02. The highest BCUT2D eigenvalue weighted by atomic mass is 15.1. The van der Waals surface area contributed by atoms with Crippen molar-refractivity contribution < 1.29 is 0 Å². The van der Waals surface area contributed by atoms with E-state index in [2.05, 4.69) is 21.9 Å². The van der Waals surface area contributed by atoms with Gasteiger partial charge < -0.3 is 15.2 Å². The lowest BCUT2D eigenvalue weighted by atomic mass is 10.2. The number of rotatable bonds is 5. The van der Waals surface area contributed by atoms with E-state index < -0.39 is 0 Å². The van der Waals surface area contributed by atoms with Gasteiger partial charge in [0.05, 0.1) is 6.33 Å². The predicted octanol–water partition coefficient (Wildman–Crippen LogP) is 0.992. The molecule has 0 saturated carbocycles. The smallest absolute Gasteiger partial charge is 0.141 e. The molecule has 0 aliphatic heterocycles. The van der Waals surface area contributed by atoms with Gasteiger partial charge in [0.15, 0.2) is 0 Å². The molecule has 0 aliphatic rings. The molecule has 0 aliphatic carbocycles. The summed E-state index contributed by atoms with van der Waals surface area (Å²) in [6, 6.07) is 4.07. The van der Waals surface area contributed by atoms with Crippen molar-refractivity contribution in [2.75, 3.05) is 19.3 Å². The van der Waals surface area contributed by atoms with E-state index in [1.54, 1.807) is 6.33 Å². The molecule has 0 saturated heterocycles. The lowest BCUT2D eigenvalue weighted by Gasteiger charge is -2.16.